The van der Waals surface area contributed by atoms with Gasteiger partial charge in [-0.25, -0.2) is 0 Å². The van der Waals surface area contributed by atoms with Crippen molar-refractivity contribution in [1.29, 1.82) is 0 Å². The Balaban J connectivity index is 2.32. The van der Waals surface area contributed by atoms with Gasteiger partial charge in [0.15, 0.2) is 0 Å². The summed E-state index contributed by atoms with van der Waals surface area (Å²) in [4.78, 5) is 11.9. The maximum absolute atomic E-state index is 11.9. The van der Waals surface area contributed by atoms with Crippen LogP contribution in [0.15, 0.2) is 24.3 Å². The predicted molar refractivity (Wildman–Crippen MR) is 85.5 cm³/mol. The molecule has 1 rings (SSSR count). The van der Waals surface area contributed by atoms with Crippen LogP contribution < -0.4 is 11.1 Å². The fourth-order valence-corrected chi connectivity index (χ4v) is 2.54. The van der Waals surface area contributed by atoms with Crippen molar-refractivity contribution in [2.24, 2.45) is 11.7 Å². The molecule has 0 aliphatic rings. The average Bonchev–Trinajstić information content (AvgIpc) is 2.51. The van der Waals surface area contributed by atoms with E-state index in [9.17, 15) is 4.79 Å². The van der Waals surface area contributed by atoms with E-state index in [0.717, 1.165) is 36.8 Å². The molecular weight excluding hydrogens is 264 g/mol. The monoisotopic (exact) mass is 292 g/mol. The second kappa shape index (κ2) is 10.4. The van der Waals surface area contributed by atoms with Gasteiger partial charge < -0.3 is 16.2 Å². The summed E-state index contributed by atoms with van der Waals surface area (Å²) in [5.41, 5.74) is 7.49. The van der Waals surface area contributed by atoms with Crippen molar-refractivity contribution in [3.05, 3.63) is 35.4 Å². The molecule has 4 N–H and O–H groups in total. The molecule has 1 unspecified atom stereocenters. The predicted octanol–water partition coefficient (Wildman–Crippen LogP) is 2.34. The normalized spacial score (nSPS) is 12.1. The standard InChI is InChI=1S/C17H28N2O2/c1-2-4-14(9-10-18)7-8-17(21)19-12-15-5-3-6-16(11-15)13-20/h3,5-6,11,14,20H,2,4,7-10,12-13,18H2,1H3,(H,19,21). The molecule has 118 valence electrons. The van der Waals surface area contributed by atoms with Gasteiger partial charge in [0.25, 0.3) is 0 Å². The highest BCUT2D eigenvalue weighted by Crippen LogP contribution is 2.16. The summed E-state index contributed by atoms with van der Waals surface area (Å²) < 4.78 is 0. The highest BCUT2D eigenvalue weighted by atomic mass is 16.3. The van der Waals surface area contributed by atoms with E-state index in [1.807, 2.05) is 24.3 Å². The number of hydrogen-bond acceptors (Lipinski definition) is 3. The van der Waals surface area contributed by atoms with Gasteiger partial charge in [0.2, 0.25) is 5.91 Å². The minimum atomic E-state index is 0.0274. The third-order valence-electron chi connectivity index (χ3n) is 3.72. The number of carbonyl (C=O) groups is 1. The molecule has 0 spiro atoms. The van der Waals surface area contributed by atoms with E-state index in [1.165, 1.54) is 0 Å². The van der Waals surface area contributed by atoms with Crippen molar-refractivity contribution in [2.75, 3.05) is 6.54 Å². The van der Waals surface area contributed by atoms with Crippen LogP contribution in [0.2, 0.25) is 0 Å². The molecule has 1 aromatic carbocycles. The summed E-state index contributed by atoms with van der Waals surface area (Å²) in [6.45, 7) is 3.40. The van der Waals surface area contributed by atoms with E-state index in [4.69, 9.17) is 10.8 Å². The van der Waals surface area contributed by atoms with Crippen molar-refractivity contribution in [3.8, 4) is 0 Å². The number of nitrogens with two attached hydrogens (primary N) is 1. The number of amides is 1. The number of rotatable bonds is 10. The lowest BCUT2D eigenvalue weighted by atomic mass is 9.94. The van der Waals surface area contributed by atoms with E-state index in [2.05, 4.69) is 12.2 Å². The number of aliphatic hydroxyl groups excluding tert-OH is 1. The van der Waals surface area contributed by atoms with Crippen LogP contribution >= 0.6 is 0 Å². The van der Waals surface area contributed by atoms with Gasteiger partial charge in [-0.2, -0.15) is 0 Å². The molecule has 0 saturated heterocycles. The number of aliphatic hydroxyl groups is 1. The topological polar surface area (TPSA) is 75.4 Å². The van der Waals surface area contributed by atoms with Crippen molar-refractivity contribution < 1.29 is 9.90 Å². The minimum Gasteiger partial charge on any atom is -0.392 e. The SMILES string of the molecule is CCCC(CCN)CCC(=O)NCc1cccc(CO)c1. The lowest BCUT2D eigenvalue weighted by Gasteiger charge is -2.14. The van der Waals surface area contributed by atoms with E-state index in [0.29, 0.717) is 25.4 Å². The van der Waals surface area contributed by atoms with Crippen LogP contribution in [0.3, 0.4) is 0 Å². The molecule has 4 nitrogen and oxygen atoms in total. The fourth-order valence-electron chi connectivity index (χ4n) is 2.54. The molecule has 0 fully saturated rings. The molecule has 21 heavy (non-hydrogen) atoms. The van der Waals surface area contributed by atoms with Crippen LogP contribution in [0, 0.1) is 5.92 Å². The second-order valence-electron chi connectivity index (χ2n) is 5.53. The van der Waals surface area contributed by atoms with Gasteiger partial charge in [0, 0.05) is 13.0 Å². The third kappa shape index (κ3) is 7.25. The first-order valence-corrected chi connectivity index (χ1v) is 7.85. The van der Waals surface area contributed by atoms with Crippen LogP contribution in [-0.4, -0.2) is 17.6 Å². The van der Waals surface area contributed by atoms with Gasteiger partial charge in [-0.1, -0.05) is 44.0 Å². The molecule has 0 aromatic heterocycles. The smallest absolute Gasteiger partial charge is 0.220 e. The molecule has 0 bridgehead atoms. The zero-order chi connectivity index (χ0) is 15.5. The number of hydrogen-bond donors (Lipinski definition) is 3. The quantitative estimate of drug-likeness (QED) is 0.619. The largest absolute Gasteiger partial charge is 0.392 e. The Morgan fingerprint density at radius 3 is 2.71 bits per heavy atom. The maximum atomic E-state index is 11.9. The minimum absolute atomic E-state index is 0.0274. The van der Waals surface area contributed by atoms with Crippen molar-refractivity contribution >= 4 is 5.91 Å². The summed E-state index contributed by atoms with van der Waals surface area (Å²) in [7, 11) is 0. The Morgan fingerprint density at radius 2 is 2.05 bits per heavy atom. The molecule has 4 heteroatoms. The van der Waals surface area contributed by atoms with Gasteiger partial charge in [-0.3, -0.25) is 4.79 Å². The zero-order valence-electron chi connectivity index (χ0n) is 13.0. The summed E-state index contributed by atoms with van der Waals surface area (Å²) in [5, 5.41) is 12.0. The lowest BCUT2D eigenvalue weighted by Crippen LogP contribution is -2.23. The lowest BCUT2D eigenvalue weighted by molar-refractivity contribution is -0.121. The Bertz CT molecular complexity index is 415. The molecule has 0 saturated carbocycles. The number of carbonyl (C=O) groups excluding carboxylic acids is 1. The molecule has 1 atom stereocenters. The number of benzene rings is 1. The van der Waals surface area contributed by atoms with Gasteiger partial charge in [-0.15, -0.1) is 0 Å². The Hall–Kier alpha value is -1.39. The van der Waals surface area contributed by atoms with Crippen LogP contribution in [0.1, 0.15) is 50.2 Å². The highest BCUT2D eigenvalue weighted by Gasteiger charge is 2.10. The second-order valence-corrected chi connectivity index (χ2v) is 5.53. The maximum Gasteiger partial charge on any atom is 0.220 e. The molecule has 0 aliphatic carbocycles. The summed E-state index contributed by atoms with van der Waals surface area (Å²) in [6.07, 6.45) is 4.75. The van der Waals surface area contributed by atoms with Crippen molar-refractivity contribution in [3.63, 3.8) is 0 Å². The van der Waals surface area contributed by atoms with Crippen molar-refractivity contribution in [1.82, 2.24) is 5.32 Å². The van der Waals surface area contributed by atoms with Gasteiger partial charge in [0.1, 0.15) is 0 Å². The van der Waals surface area contributed by atoms with Gasteiger partial charge in [0.05, 0.1) is 6.61 Å². The van der Waals surface area contributed by atoms with E-state index >= 15 is 0 Å². The first-order chi connectivity index (χ1) is 10.2. The molecular formula is C17H28N2O2. The third-order valence-corrected chi connectivity index (χ3v) is 3.72. The Labute approximate surface area is 127 Å². The van der Waals surface area contributed by atoms with E-state index in [1.54, 1.807) is 0 Å². The molecule has 0 radical (unpaired) electrons. The molecule has 0 heterocycles. The first-order valence-electron chi connectivity index (χ1n) is 7.85. The van der Waals surface area contributed by atoms with Crippen LogP contribution in [-0.2, 0) is 17.9 Å². The Morgan fingerprint density at radius 1 is 1.29 bits per heavy atom. The number of nitrogens with one attached hydrogen (secondary N) is 1. The molecule has 1 aromatic rings. The average molecular weight is 292 g/mol. The van der Waals surface area contributed by atoms with Gasteiger partial charge >= 0.3 is 0 Å². The van der Waals surface area contributed by atoms with E-state index < -0.39 is 0 Å². The summed E-state index contributed by atoms with van der Waals surface area (Å²) in [6, 6.07) is 7.63. The van der Waals surface area contributed by atoms with Crippen LogP contribution in [0.25, 0.3) is 0 Å². The fraction of sp³-hybridized carbons (Fsp3) is 0.588. The Kier molecular flexibility index (Phi) is 8.71. The first kappa shape index (κ1) is 17.7. The van der Waals surface area contributed by atoms with Crippen LogP contribution in [0.5, 0.6) is 0 Å². The molecule has 1 amide bonds. The zero-order valence-corrected chi connectivity index (χ0v) is 13.0. The summed E-state index contributed by atoms with van der Waals surface area (Å²) in [5.74, 6) is 0.644. The molecule has 0 aliphatic heterocycles. The summed E-state index contributed by atoms with van der Waals surface area (Å²) >= 11 is 0. The van der Waals surface area contributed by atoms with E-state index in [-0.39, 0.29) is 12.5 Å². The van der Waals surface area contributed by atoms with Crippen LogP contribution in [0.4, 0.5) is 0 Å². The highest BCUT2D eigenvalue weighted by molar-refractivity contribution is 5.75. The van der Waals surface area contributed by atoms with Crippen molar-refractivity contribution in [2.45, 2.75) is 52.2 Å². The van der Waals surface area contributed by atoms with Gasteiger partial charge in [-0.05, 0) is 36.4 Å².